The molecule has 0 N–H and O–H groups in total. The van der Waals surface area contributed by atoms with Gasteiger partial charge in [-0.2, -0.15) is 5.10 Å². The van der Waals surface area contributed by atoms with Crippen LogP contribution in [0, 0.1) is 13.8 Å². The minimum Gasteiger partial charge on any atom is -0.485 e. The lowest BCUT2D eigenvalue weighted by atomic mass is 10.3. The van der Waals surface area contributed by atoms with Crippen LogP contribution in [0.3, 0.4) is 0 Å². The number of pyridine rings is 1. The van der Waals surface area contributed by atoms with Crippen molar-refractivity contribution in [3.8, 4) is 5.75 Å². The third kappa shape index (κ3) is 3.92. The first kappa shape index (κ1) is 17.3. The summed E-state index contributed by atoms with van der Waals surface area (Å²) in [7, 11) is 3.88. The number of aromatic nitrogens is 3. The summed E-state index contributed by atoms with van der Waals surface area (Å²) in [6.45, 7) is 5.49. The monoisotopic (exact) mass is 343 g/mol. The van der Waals surface area contributed by atoms with E-state index in [1.165, 1.54) is 0 Å². The molecule has 1 aliphatic heterocycles. The van der Waals surface area contributed by atoms with E-state index in [2.05, 4.69) is 10.1 Å². The van der Waals surface area contributed by atoms with Crippen molar-refractivity contribution in [2.24, 2.45) is 0 Å². The van der Waals surface area contributed by atoms with Gasteiger partial charge in [0.2, 0.25) is 5.91 Å². The Balaban J connectivity index is 1.60. The van der Waals surface area contributed by atoms with E-state index < -0.39 is 0 Å². The molecular weight excluding hydrogens is 318 g/mol. The molecule has 134 valence electrons. The van der Waals surface area contributed by atoms with Crippen molar-refractivity contribution in [3.05, 3.63) is 35.8 Å². The van der Waals surface area contributed by atoms with Gasteiger partial charge in [-0.05, 0) is 32.0 Å². The molecule has 7 nitrogen and oxygen atoms in total. The number of aryl methyl sites for hydroxylation is 2. The van der Waals surface area contributed by atoms with Crippen LogP contribution in [0.2, 0.25) is 0 Å². The zero-order chi connectivity index (χ0) is 18.0. The Kier molecular flexibility index (Phi) is 4.92. The number of likely N-dealkylation sites (tertiary alicyclic amines) is 1. The van der Waals surface area contributed by atoms with Gasteiger partial charge in [0.1, 0.15) is 12.6 Å². The second kappa shape index (κ2) is 7.13. The molecule has 3 rings (SSSR count). The summed E-state index contributed by atoms with van der Waals surface area (Å²) in [6, 6.07) is 5.76. The van der Waals surface area contributed by atoms with Crippen LogP contribution >= 0.6 is 0 Å². The molecule has 0 aliphatic carbocycles. The third-order valence-corrected chi connectivity index (χ3v) is 4.35. The first-order valence-corrected chi connectivity index (χ1v) is 8.52. The quantitative estimate of drug-likeness (QED) is 0.826. The standard InChI is InChI=1S/C18H25N5O2/c1-13-10-14(2)23(20-13)12-17(24)22-9-7-15(11-22)25-16-6-5-8-19-18(16)21(3)4/h5-6,8,10,15H,7,9,11-12H2,1-4H3/t15-/m1/s1. The molecule has 2 aromatic rings. The fourth-order valence-electron chi connectivity index (χ4n) is 3.10. The second-order valence-electron chi connectivity index (χ2n) is 6.67. The smallest absolute Gasteiger partial charge is 0.244 e. The molecule has 0 saturated carbocycles. The Labute approximate surface area is 148 Å². The summed E-state index contributed by atoms with van der Waals surface area (Å²) >= 11 is 0. The Hall–Kier alpha value is -2.57. The van der Waals surface area contributed by atoms with Crippen molar-refractivity contribution < 1.29 is 9.53 Å². The summed E-state index contributed by atoms with van der Waals surface area (Å²) in [5.41, 5.74) is 1.93. The molecule has 0 unspecified atom stereocenters. The van der Waals surface area contributed by atoms with E-state index in [1.54, 1.807) is 10.9 Å². The molecule has 3 heterocycles. The molecule has 7 heteroatoms. The number of hydrogen-bond acceptors (Lipinski definition) is 5. The normalized spacial score (nSPS) is 17.0. The highest BCUT2D eigenvalue weighted by Crippen LogP contribution is 2.26. The van der Waals surface area contributed by atoms with Crippen LogP contribution in [0.15, 0.2) is 24.4 Å². The molecule has 0 bridgehead atoms. The largest absolute Gasteiger partial charge is 0.485 e. The summed E-state index contributed by atoms with van der Waals surface area (Å²) < 4.78 is 7.87. The molecule has 1 fully saturated rings. The van der Waals surface area contributed by atoms with Crippen LogP contribution in [0.5, 0.6) is 5.75 Å². The number of carbonyl (C=O) groups is 1. The summed E-state index contributed by atoms with van der Waals surface area (Å²) in [4.78, 5) is 20.7. The van der Waals surface area contributed by atoms with Gasteiger partial charge in [-0.15, -0.1) is 0 Å². The average Bonchev–Trinajstić information content (AvgIpc) is 3.14. The van der Waals surface area contributed by atoms with Crippen LogP contribution in [-0.4, -0.2) is 58.9 Å². The maximum Gasteiger partial charge on any atom is 0.244 e. The van der Waals surface area contributed by atoms with Crippen molar-refractivity contribution >= 4 is 11.7 Å². The highest BCUT2D eigenvalue weighted by molar-refractivity contribution is 5.76. The van der Waals surface area contributed by atoms with Gasteiger partial charge in [0.05, 0.1) is 12.2 Å². The highest BCUT2D eigenvalue weighted by atomic mass is 16.5. The van der Waals surface area contributed by atoms with E-state index in [-0.39, 0.29) is 18.6 Å². The van der Waals surface area contributed by atoms with E-state index >= 15 is 0 Å². The number of nitrogens with zero attached hydrogens (tertiary/aromatic N) is 5. The third-order valence-electron chi connectivity index (χ3n) is 4.35. The van der Waals surface area contributed by atoms with Crippen molar-refractivity contribution in [1.82, 2.24) is 19.7 Å². The molecule has 1 saturated heterocycles. The lowest BCUT2D eigenvalue weighted by molar-refractivity contribution is -0.131. The van der Waals surface area contributed by atoms with Gasteiger partial charge in [0.15, 0.2) is 11.6 Å². The van der Waals surface area contributed by atoms with Gasteiger partial charge in [-0.1, -0.05) is 0 Å². The highest BCUT2D eigenvalue weighted by Gasteiger charge is 2.28. The fraction of sp³-hybridized carbons (Fsp3) is 0.500. The van der Waals surface area contributed by atoms with Crippen molar-refractivity contribution in [1.29, 1.82) is 0 Å². The Bertz CT molecular complexity index is 756. The average molecular weight is 343 g/mol. The molecule has 0 spiro atoms. The molecule has 25 heavy (non-hydrogen) atoms. The summed E-state index contributed by atoms with van der Waals surface area (Å²) in [5, 5.41) is 4.36. The minimum atomic E-state index is -0.00713. The number of ether oxygens (including phenoxy) is 1. The van der Waals surface area contributed by atoms with Crippen molar-refractivity contribution in [2.75, 3.05) is 32.1 Å². The predicted molar refractivity (Wildman–Crippen MR) is 95.9 cm³/mol. The molecule has 1 aliphatic rings. The topological polar surface area (TPSA) is 63.5 Å². The lowest BCUT2D eigenvalue weighted by Gasteiger charge is -2.20. The van der Waals surface area contributed by atoms with E-state index in [0.29, 0.717) is 13.1 Å². The lowest BCUT2D eigenvalue weighted by Crippen LogP contribution is -2.34. The first-order chi connectivity index (χ1) is 11.9. The first-order valence-electron chi connectivity index (χ1n) is 8.52. The maximum absolute atomic E-state index is 12.5. The van der Waals surface area contributed by atoms with Gasteiger partial charge in [0.25, 0.3) is 0 Å². The van der Waals surface area contributed by atoms with Gasteiger partial charge >= 0.3 is 0 Å². The van der Waals surface area contributed by atoms with Crippen LogP contribution < -0.4 is 9.64 Å². The second-order valence-corrected chi connectivity index (χ2v) is 6.67. The number of carbonyl (C=O) groups excluding carboxylic acids is 1. The molecule has 2 aromatic heterocycles. The fourth-order valence-corrected chi connectivity index (χ4v) is 3.10. The van der Waals surface area contributed by atoms with Crippen molar-refractivity contribution in [2.45, 2.75) is 32.9 Å². The number of anilines is 1. The van der Waals surface area contributed by atoms with Crippen LogP contribution in [0.4, 0.5) is 5.82 Å². The maximum atomic E-state index is 12.5. The van der Waals surface area contributed by atoms with E-state index in [1.807, 2.05) is 55.9 Å². The summed E-state index contributed by atoms with van der Waals surface area (Å²) in [5.74, 6) is 1.64. The van der Waals surface area contributed by atoms with E-state index in [0.717, 1.165) is 29.4 Å². The van der Waals surface area contributed by atoms with Gasteiger partial charge in [-0.25, -0.2) is 4.98 Å². The number of amides is 1. The van der Waals surface area contributed by atoms with Crippen LogP contribution in [0.1, 0.15) is 17.8 Å². The molecule has 0 aromatic carbocycles. The number of rotatable bonds is 5. The van der Waals surface area contributed by atoms with E-state index in [9.17, 15) is 4.79 Å². The van der Waals surface area contributed by atoms with Crippen LogP contribution in [-0.2, 0) is 11.3 Å². The molecule has 0 radical (unpaired) electrons. The van der Waals surface area contributed by atoms with Crippen LogP contribution in [0.25, 0.3) is 0 Å². The van der Waals surface area contributed by atoms with Gasteiger partial charge < -0.3 is 14.5 Å². The van der Waals surface area contributed by atoms with Crippen molar-refractivity contribution in [3.63, 3.8) is 0 Å². The number of hydrogen-bond donors (Lipinski definition) is 0. The molecule has 1 atom stereocenters. The predicted octanol–water partition coefficient (Wildman–Crippen LogP) is 1.64. The Morgan fingerprint density at radius 3 is 2.88 bits per heavy atom. The van der Waals surface area contributed by atoms with Gasteiger partial charge in [0, 0.05) is 39.0 Å². The Morgan fingerprint density at radius 1 is 1.40 bits per heavy atom. The summed E-state index contributed by atoms with van der Waals surface area (Å²) in [6.07, 6.45) is 2.57. The zero-order valence-corrected chi connectivity index (χ0v) is 15.3. The van der Waals surface area contributed by atoms with E-state index in [4.69, 9.17) is 4.74 Å². The minimum absolute atomic E-state index is 0.00713. The Morgan fingerprint density at radius 2 is 2.20 bits per heavy atom. The molecule has 1 amide bonds. The zero-order valence-electron chi connectivity index (χ0n) is 15.3. The molecular formula is C18H25N5O2. The van der Waals surface area contributed by atoms with Gasteiger partial charge in [-0.3, -0.25) is 9.48 Å². The SMILES string of the molecule is Cc1cc(C)n(CC(=O)N2CC[C@@H](Oc3cccnc3N(C)C)C2)n1.